The first-order valence-electron chi connectivity index (χ1n) is 9.26. The van der Waals surface area contributed by atoms with Gasteiger partial charge in [-0.15, -0.1) is 0 Å². The van der Waals surface area contributed by atoms with Crippen LogP contribution in [0, 0.1) is 5.92 Å². The van der Waals surface area contributed by atoms with E-state index in [1.807, 2.05) is 44.2 Å². The van der Waals surface area contributed by atoms with Crippen molar-refractivity contribution >= 4 is 21.6 Å². The molecule has 1 amide bonds. The number of anilines is 1. The third-order valence-electron chi connectivity index (χ3n) is 5.06. The molecule has 3 rings (SSSR count). The number of carbonyl (C=O) groups excluding carboxylic acids is 1. The van der Waals surface area contributed by atoms with Gasteiger partial charge in [0.05, 0.1) is 10.9 Å². The van der Waals surface area contributed by atoms with Gasteiger partial charge in [0.2, 0.25) is 15.9 Å². The number of sulfonamides is 1. The molecule has 0 bridgehead atoms. The molecule has 1 unspecified atom stereocenters. The van der Waals surface area contributed by atoms with Crippen LogP contribution in [-0.4, -0.2) is 32.2 Å². The van der Waals surface area contributed by atoms with E-state index in [9.17, 15) is 13.2 Å². The molecular weight excluding hydrogens is 360 g/mol. The van der Waals surface area contributed by atoms with Crippen molar-refractivity contribution in [2.45, 2.75) is 37.6 Å². The predicted octanol–water partition coefficient (Wildman–Crippen LogP) is 3.83. The SMILES string of the molecule is CC(C)C(c1ccccc1)N(C)S(=O)(=O)c1ccc(N2CCCC2=O)cc1. The fourth-order valence-corrected chi connectivity index (χ4v) is 5.18. The fraction of sp³-hybridized carbons (Fsp3) is 0.381. The molecule has 6 heteroatoms. The summed E-state index contributed by atoms with van der Waals surface area (Å²) in [7, 11) is -2.03. The average molecular weight is 387 g/mol. The second-order valence-electron chi connectivity index (χ2n) is 7.26. The van der Waals surface area contributed by atoms with Crippen LogP contribution >= 0.6 is 0 Å². The highest BCUT2D eigenvalue weighted by Gasteiger charge is 2.31. The molecule has 1 heterocycles. The molecule has 0 radical (unpaired) electrons. The van der Waals surface area contributed by atoms with E-state index in [0.717, 1.165) is 17.7 Å². The zero-order valence-electron chi connectivity index (χ0n) is 16.0. The summed E-state index contributed by atoms with van der Waals surface area (Å²) < 4.78 is 27.8. The minimum Gasteiger partial charge on any atom is -0.312 e. The molecule has 2 aromatic carbocycles. The molecule has 2 aromatic rings. The maximum atomic E-state index is 13.2. The summed E-state index contributed by atoms with van der Waals surface area (Å²) in [6, 6.07) is 16.1. The molecule has 0 N–H and O–H groups in total. The molecule has 0 saturated carbocycles. The van der Waals surface area contributed by atoms with Gasteiger partial charge in [0.1, 0.15) is 0 Å². The molecule has 1 aliphatic heterocycles. The Labute approximate surface area is 161 Å². The zero-order chi connectivity index (χ0) is 19.6. The molecule has 0 spiro atoms. The van der Waals surface area contributed by atoms with Gasteiger partial charge < -0.3 is 4.90 Å². The van der Waals surface area contributed by atoms with Crippen molar-refractivity contribution in [1.82, 2.24) is 4.31 Å². The first-order valence-corrected chi connectivity index (χ1v) is 10.7. The highest BCUT2D eigenvalue weighted by molar-refractivity contribution is 7.89. The number of hydrogen-bond donors (Lipinski definition) is 0. The van der Waals surface area contributed by atoms with E-state index in [1.54, 1.807) is 36.2 Å². The Bertz CT molecular complexity index is 893. The molecule has 27 heavy (non-hydrogen) atoms. The van der Waals surface area contributed by atoms with E-state index in [0.29, 0.717) is 13.0 Å². The Balaban J connectivity index is 1.89. The number of benzene rings is 2. The number of hydrogen-bond acceptors (Lipinski definition) is 3. The third kappa shape index (κ3) is 3.92. The lowest BCUT2D eigenvalue weighted by molar-refractivity contribution is -0.117. The Morgan fingerprint density at radius 2 is 1.63 bits per heavy atom. The second-order valence-corrected chi connectivity index (χ2v) is 9.26. The second kappa shape index (κ2) is 7.82. The Morgan fingerprint density at radius 3 is 2.15 bits per heavy atom. The first kappa shape index (κ1) is 19.6. The van der Waals surface area contributed by atoms with Gasteiger partial charge in [-0.1, -0.05) is 44.2 Å². The van der Waals surface area contributed by atoms with E-state index in [4.69, 9.17) is 0 Å². The largest absolute Gasteiger partial charge is 0.312 e. The molecule has 0 aliphatic carbocycles. The summed E-state index contributed by atoms with van der Waals surface area (Å²) in [4.78, 5) is 13.8. The van der Waals surface area contributed by atoms with Gasteiger partial charge in [0, 0.05) is 25.7 Å². The van der Waals surface area contributed by atoms with Crippen LogP contribution in [0.3, 0.4) is 0 Å². The average Bonchev–Trinajstić information content (AvgIpc) is 3.08. The van der Waals surface area contributed by atoms with Gasteiger partial charge in [0.15, 0.2) is 0 Å². The molecule has 1 saturated heterocycles. The summed E-state index contributed by atoms with van der Waals surface area (Å²) in [5.74, 6) is 0.209. The number of nitrogens with zero attached hydrogens (tertiary/aromatic N) is 2. The van der Waals surface area contributed by atoms with Gasteiger partial charge in [-0.3, -0.25) is 4.79 Å². The van der Waals surface area contributed by atoms with Crippen molar-refractivity contribution in [3.8, 4) is 0 Å². The minimum atomic E-state index is -3.66. The lowest BCUT2D eigenvalue weighted by atomic mass is 9.96. The first-order chi connectivity index (χ1) is 12.8. The topological polar surface area (TPSA) is 57.7 Å². The maximum absolute atomic E-state index is 13.2. The van der Waals surface area contributed by atoms with Crippen LogP contribution in [0.15, 0.2) is 59.5 Å². The van der Waals surface area contributed by atoms with E-state index in [2.05, 4.69) is 0 Å². The van der Waals surface area contributed by atoms with Gasteiger partial charge in [-0.05, 0) is 42.2 Å². The van der Waals surface area contributed by atoms with Crippen molar-refractivity contribution in [3.63, 3.8) is 0 Å². The maximum Gasteiger partial charge on any atom is 0.243 e. The van der Waals surface area contributed by atoms with E-state index in [1.165, 1.54) is 4.31 Å². The van der Waals surface area contributed by atoms with E-state index >= 15 is 0 Å². The zero-order valence-corrected chi connectivity index (χ0v) is 16.8. The normalized spacial score (nSPS) is 16.3. The highest BCUT2D eigenvalue weighted by atomic mass is 32.2. The Hall–Kier alpha value is -2.18. The van der Waals surface area contributed by atoms with Crippen molar-refractivity contribution in [2.24, 2.45) is 5.92 Å². The van der Waals surface area contributed by atoms with Gasteiger partial charge >= 0.3 is 0 Å². The summed E-state index contributed by atoms with van der Waals surface area (Å²) >= 11 is 0. The molecule has 5 nitrogen and oxygen atoms in total. The van der Waals surface area contributed by atoms with Crippen LogP contribution in [0.5, 0.6) is 0 Å². The van der Waals surface area contributed by atoms with Crippen LogP contribution in [0.2, 0.25) is 0 Å². The standard InChI is InChI=1S/C21H26N2O3S/c1-16(2)21(17-8-5-4-6-9-17)22(3)27(25,26)19-13-11-18(12-14-19)23-15-7-10-20(23)24/h4-6,8-9,11-14,16,21H,7,10,15H2,1-3H3. The van der Waals surface area contributed by atoms with Crippen molar-refractivity contribution in [1.29, 1.82) is 0 Å². The minimum absolute atomic E-state index is 0.0895. The number of carbonyl (C=O) groups is 1. The summed E-state index contributed by atoms with van der Waals surface area (Å²) in [6.45, 7) is 4.73. The van der Waals surface area contributed by atoms with Crippen LogP contribution < -0.4 is 4.90 Å². The molecule has 1 aliphatic rings. The number of amides is 1. The molecular formula is C21H26N2O3S. The number of rotatable bonds is 6. The quantitative estimate of drug-likeness (QED) is 0.758. The predicted molar refractivity (Wildman–Crippen MR) is 107 cm³/mol. The monoisotopic (exact) mass is 386 g/mol. The molecule has 0 aromatic heterocycles. The molecule has 1 atom stereocenters. The lowest BCUT2D eigenvalue weighted by Gasteiger charge is -2.31. The van der Waals surface area contributed by atoms with Gasteiger partial charge in [0.25, 0.3) is 0 Å². The van der Waals surface area contributed by atoms with Crippen LogP contribution in [0.4, 0.5) is 5.69 Å². The van der Waals surface area contributed by atoms with E-state index < -0.39 is 10.0 Å². The van der Waals surface area contributed by atoms with Crippen molar-refractivity contribution in [3.05, 3.63) is 60.2 Å². The van der Waals surface area contributed by atoms with Crippen molar-refractivity contribution < 1.29 is 13.2 Å². The van der Waals surface area contributed by atoms with Gasteiger partial charge in [-0.2, -0.15) is 4.31 Å². The van der Waals surface area contributed by atoms with Crippen LogP contribution in [0.1, 0.15) is 38.3 Å². The molecule has 1 fully saturated rings. The Kier molecular flexibility index (Phi) is 5.67. The summed E-state index contributed by atoms with van der Waals surface area (Å²) in [5.41, 5.74) is 1.72. The van der Waals surface area contributed by atoms with Crippen LogP contribution in [-0.2, 0) is 14.8 Å². The molecule has 144 valence electrons. The summed E-state index contributed by atoms with van der Waals surface area (Å²) in [5, 5.41) is 0. The lowest BCUT2D eigenvalue weighted by Crippen LogP contribution is -2.34. The van der Waals surface area contributed by atoms with Crippen LogP contribution in [0.25, 0.3) is 0 Å². The highest BCUT2D eigenvalue weighted by Crippen LogP contribution is 2.32. The van der Waals surface area contributed by atoms with Gasteiger partial charge in [-0.25, -0.2) is 8.42 Å². The van der Waals surface area contributed by atoms with Crippen molar-refractivity contribution in [2.75, 3.05) is 18.5 Å². The summed E-state index contributed by atoms with van der Waals surface area (Å²) in [6.07, 6.45) is 1.39. The fourth-order valence-electron chi connectivity index (χ4n) is 3.70. The third-order valence-corrected chi connectivity index (χ3v) is 6.92. The Morgan fingerprint density at radius 1 is 1.00 bits per heavy atom. The smallest absolute Gasteiger partial charge is 0.243 e. The van der Waals surface area contributed by atoms with E-state index in [-0.39, 0.29) is 22.8 Å².